The van der Waals surface area contributed by atoms with Gasteiger partial charge >= 0.3 is 0 Å². The van der Waals surface area contributed by atoms with Gasteiger partial charge in [-0.3, -0.25) is 9.78 Å². The molecule has 8 heteroatoms. The number of halogens is 1. The molecule has 3 heterocycles. The number of rotatable bonds is 6. The van der Waals surface area contributed by atoms with E-state index in [1.54, 1.807) is 12.4 Å². The van der Waals surface area contributed by atoms with Gasteiger partial charge in [0.05, 0.1) is 17.6 Å². The van der Waals surface area contributed by atoms with Gasteiger partial charge in [0.15, 0.2) is 0 Å². The molecule has 1 saturated heterocycles. The Morgan fingerprint density at radius 2 is 1.83 bits per heavy atom. The topological polar surface area (TPSA) is 91.8 Å². The number of piperidine rings is 1. The summed E-state index contributed by atoms with van der Waals surface area (Å²) in [5.74, 6) is 0.618. The number of fused-ring (bicyclic) bond motifs is 1. The lowest BCUT2D eigenvalue weighted by Gasteiger charge is -2.24. The number of benzene rings is 2. The van der Waals surface area contributed by atoms with Crippen molar-refractivity contribution in [3.05, 3.63) is 78.8 Å². The first-order chi connectivity index (χ1) is 16.7. The maximum Gasteiger partial charge on any atom is 0.237 e. The number of carbonyl (C=O) groups excluding carboxylic acids is 1. The first-order valence-corrected chi connectivity index (χ1v) is 11.7. The Balaban J connectivity index is 0.00000289. The minimum absolute atomic E-state index is 0. The van der Waals surface area contributed by atoms with Crippen molar-refractivity contribution < 1.29 is 4.79 Å². The lowest BCUT2D eigenvalue weighted by Crippen LogP contribution is -2.47. The van der Waals surface area contributed by atoms with Crippen LogP contribution >= 0.6 is 12.4 Å². The fourth-order valence-corrected chi connectivity index (χ4v) is 4.27. The molecule has 0 saturated carbocycles. The molecule has 1 amide bonds. The van der Waals surface area contributed by atoms with Crippen LogP contribution in [0.3, 0.4) is 0 Å². The minimum atomic E-state index is -0.0806. The second-order valence-corrected chi connectivity index (χ2v) is 8.68. The highest BCUT2D eigenvalue weighted by molar-refractivity contribution is 5.85. The number of nitrogens with one attached hydrogen (secondary N) is 3. The van der Waals surface area contributed by atoms with Crippen LogP contribution in [0.15, 0.2) is 73.2 Å². The van der Waals surface area contributed by atoms with E-state index in [0.29, 0.717) is 5.95 Å². The Morgan fingerprint density at radius 3 is 2.57 bits per heavy atom. The highest BCUT2D eigenvalue weighted by Crippen LogP contribution is 2.24. The van der Waals surface area contributed by atoms with E-state index in [2.05, 4.69) is 43.0 Å². The predicted molar refractivity (Wildman–Crippen MR) is 142 cm³/mol. The van der Waals surface area contributed by atoms with Gasteiger partial charge in [0.25, 0.3) is 0 Å². The second-order valence-electron chi connectivity index (χ2n) is 8.68. The molecule has 1 aliphatic rings. The van der Waals surface area contributed by atoms with E-state index in [-0.39, 0.29) is 30.4 Å². The van der Waals surface area contributed by atoms with Crippen LogP contribution in [0, 0.1) is 0 Å². The molecule has 0 unspecified atom stereocenters. The number of anilines is 2. The molecule has 3 N–H and O–H groups in total. The quantitative estimate of drug-likeness (QED) is 0.346. The fraction of sp³-hybridized carbons (Fsp3) is 0.259. The molecule has 0 bridgehead atoms. The summed E-state index contributed by atoms with van der Waals surface area (Å²) in [6, 6.07) is 18.0. The molecular formula is C27H29ClN6O. The summed E-state index contributed by atoms with van der Waals surface area (Å²) >= 11 is 0. The zero-order chi connectivity index (χ0) is 23.3. The molecule has 180 valence electrons. The van der Waals surface area contributed by atoms with E-state index < -0.39 is 0 Å². The van der Waals surface area contributed by atoms with Gasteiger partial charge in [0.2, 0.25) is 11.9 Å². The molecule has 2 aromatic heterocycles. The number of aromatic nitrogens is 3. The third kappa shape index (κ3) is 5.93. The Labute approximate surface area is 211 Å². The third-order valence-corrected chi connectivity index (χ3v) is 6.25. The van der Waals surface area contributed by atoms with Gasteiger partial charge in [0, 0.05) is 29.7 Å². The molecule has 0 spiro atoms. The van der Waals surface area contributed by atoms with Crippen molar-refractivity contribution in [2.75, 3.05) is 11.9 Å². The smallest absolute Gasteiger partial charge is 0.237 e. The first kappa shape index (κ1) is 24.6. The van der Waals surface area contributed by atoms with E-state index in [9.17, 15) is 4.79 Å². The minimum Gasteiger partial charge on any atom is -0.348 e. The molecular weight excluding hydrogens is 460 g/mol. The van der Waals surface area contributed by atoms with E-state index in [0.717, 1.165) is 59.1 Å². The van der Waals surface area contributed by atoms with Crippen molar-refractivity contribution in [2.45, 2.75) is 38.3 Å². The summed E-state index contributed by atoms with van der Waals surface area (Å²) in [7, 11) is 0. The largest absolute Gasteiger partial charge is 0.348 e. The van der Waals surface area contributed by atoms with Gasteiger partial charge < -0.3 is 16.0 Å². The van der Waals surface area contributed by atoms with Crippen LogP contribution in [-0.4, -0.2) is 33.4 Å². The van der Waals surface area contributed by atoms with E-state index in [4.69, 9.17) is 0 Å². The summed E-state index contributed by atoms with van der Waals surface area (Å²) in [5.41, 5.74) is 5.04. The fourth-order valence-electron chi connectivity index (χ4n) is 4.27. The molecule has 2 aromatic carbocycles. The summed E-state index contributed by atoms with van der Waals surface area (Å²) in [4.78, 5) is 25.7. The molecule has 1 fully saturated rings. The molecule has 1 aliphatic heterocycles. The third-order valence-electron chi connectivity index (χ3n) is 6.25. The number of amides is 1. The first-order valence-electron chi connectivity index (χ1n) is 11.7. The van der Waals surface area contributed by atoms with Gasteiger partial charge in [-0.15, -0.1) is 12.4 Å². The molecule has 7 nitrogen and oxygen atoms in total. The lowest BCUT2D eigenvalue weighted by molar-refractivity contribution is -0.124. The van der Waals surface area contributed by atoms with Gasteiger partial charge in [0.1, 0.15) is 0 Å². The highest BCUT2D eigenvalue weighted by Gasteiger charge is 2.22. The number of carbonyl (C=O) groups is 1. The second kappa shape index (κ2) is 11.3. The van der Waals surface area contributed by atoms with Crippen molar-refractivity contribution in [1.29, 1.82) is 0 Å². The van der Waals surface area contributed by atoms with Crippen LogP contribution < -0.4 is 16.0 Å². The number of hydrogen-bond donors (Lipinski definition) is 3. The molecule has 35 heavy (non-hydrogen) atoms. The average Bonchev–Trinajstić information content (AvgIpc) is 2.90. The van der Waals surface area contributed by atoms with E-state index in [1.807, 2.05) is 55.6 Å². The Morgan fingerprint density at radius 1 is 1.03 bits per heavy atom. The average molecular weight is 489 g/mol. The summed E-state index contributed by atoms with van der Waals surface area (Å²) in [6.07, 6.45) is 8.55. The van der Waals surface area contributed by atoms with Crippen LogP contribution in [0.25, 0.3) is 22.0 Å². The zero-order valence-electron chi connectivity index (χ0n) is 19.6. The SMILES string of the molecule is C[C@@H](NC(=O)[C@H]1CCCCN1)c1ccc(Nc2ncc3cc(-c4ccncc4)ccc3n2)cc1.Cl. The molecule has 5 rings (SSSR count). The van der Waals surface area contributed by atoms with Crippen molar-refractivity contribution in [3.8, 4) is 11.1 Å². The molecule has 0 radical (unpaired) electrons. The Hall–Kier alpha value is -3.55. The van der Waals surface area contributed by atoms with Gasteiger partial charge in [-0.1, -0.05) is 24.6 Å². The van der Waals surface area contributed by atoms with Gasteiger partial charge in [-0.2, -0.15) is 0 Å². The highest BCUT2D eigenvalue weighted by atomic mass is 35.5. The number of pyridine rings is 1. The van der Waals surface area contributed by atoms with Crippen LogP contribution in [0.2, 0.25) is 0 Å². The standard InChI is InChI=1S/C27H28N6O.ClH/c1-18(31-26(34)25-4-2-3-13-29-25)19-5-8-23(9-6-19)32-27-30-17-22-16-21(7-10-24(22)33-27)20-11-14-28-15-12-20;/h5-12,14-18,25,29H,2-4,13H2,1H3,(H,31,34)(H,30,32,33);1H/t18-,25-;/m1./s1. The number of nitrogens with zero attached hydrogens (tertiary/aromatic N) is 3. The molecule has 4 aromatic rings. The maximum absolute atomic E-state index is 12.5. The van der Waals surface area contributed by atoms with Crippen molar-refractivity contribution in [2.24, 2.45) is 0 Å². The van der Waals surface area contributed by atoms with E-state index >= 15 is 0 Å². The van der Waals surface area contributed by atoms with Crippen molar-refractivity contribution in [1.82, 2.24) is 25.6 Å². The van der Waals surface area contributed by atoms with Crippen molar-refractivity contribution >= 4 is 40.9 Å². The maximum atomic E-state index is 12.5. The van der Waals surface area contributed by atoms with Crippen LogP contribution in [0.1, 0.15) is 37.8 Å². The normalized spacial score (nSPS) is 16.2. The van der Waals surface area contributed by atoms with Gasteiger partial charge in [-0.05, 0) is 79.4 Å². The molecule has 2 atom stereocenters. The summed E-state index contributed by atoms with van der Waals surface area (Å²) < 4.78 is 0. The Kier molecular flexibility index (Phi) is 7.90. The summed E-state index contributed by atoms with van der Waals surface area (Å²) in [6.45, 7) is 2.92. The predicted octanol–water partition coefficient (Wildman–Crippen LogP) is 5.18. The monoisotopic (exact) mass is 488 g/mol. The van der Waals surface area contributed by atoms with E-state index in [1.165, 1.54) is 0 Å². The molecule has 0 aliphatic carbocycles. The summed E-state index contributed by atoms with van der Waals surface area (Å²) in [5, 5.41) is 10.7. The van der Waals surface area contributed by atoms with Gasteiger partial charge in [-0.25, -0.2) is 9.97 Å². The van der Waals surface area contributed by atoms with Crippen LogP contribution in [-0.2, 0) is 4.79 Å². The Bertz CT molecular complexity index is 1280. The lowest BCUT2D eigenvalue weighted by atomic mass is 10.0. The van der Waals surface area contributed by atoms with Crippen LogP contribution in [0.5, 0.6) is 0 Å². The van der Waals surface area contributed by atoms with Crippen LogP contribution in [0.4, 0.5) is 11.6 Å². The number of hydrogen-bond acceptors (Lipinski definition) is 6. The van der Waals surface area contributed by atoms with Crippen molar-refractivity contribution in [3.63, 3.8) is 0 Å². The zero-order valence-corrected chi connectivity index (χ0v) is 20.4.